The second-order valence-corrected chi connectivity index (χ2v) is 0.854. The summed E-state index contributed by atoms with van der Waals surface area (Å²) in [5.74, 6) is 0. The monoisotopic (exact) mass is 152 g/mol. The van der Waals surface area contributed by atoms with Crippen molar-refractivity contribution in [2.45, 2.75) is 19.8 Å². The molecule has 0 aliphatic rings. The summed E-state index contributed by atoms with van der Waals surface area (Å²) in [5, 5.41) is 5.56. The van der Waals surface area contributed by atoms with E-state index < -0.39 is 0 Å². The average molecular weight is 152 g/mol. The van der Waals surface area contributed by atoms with Crippen LogP contribution in [0.2, 0.25) is 0 Å². The van der Waals surface area contributed by atoms with E-state index in [1.54, 1.807) is 0 Å². The molecule has 0 amide bonds. The van der Waals surface area contributed by atoms with Gasteiger partial charge in [0.25, 0.3) is 0 Å². The van der Waals surface area contributed by atoms with Crippen LogP contribution in [0.15, 0.2) is 0 Å². The molecule has 0 bridgehead atoms. The molecule has 0 rings (SSSR count). The van der Waals surface area contributed by atoms with Gasteiger partial charge in [-0.3, -0.25) is 5.16 Å². The second-order valence-electron chi connectivity index (χ2n) is 0.854. The Morgan fingerprint density at radius 1 is 1.57 bits per heavy atom. The Morgan fingerprint density at radius 2 is 1.71 bits per heavy atom. The standard InChI is InChI=1S/C4H9.H2NP.Ti/c1-3-4-2;1-2;/h1,3-4H2,2H3;1-2H;/q-1;;. The molecule has 0 atom stereocenters. The van der Waals surface area contributed by atoms with Gasteiger partial charge in [-0.2, -0.15) is 6.42 Å². The minimum absolute atomic E-state index is 0. The van der Waals surface area contributed by atoms with Crippen LogP contribution in [0.3, 0.4) is 0 Å². The van der Waals surface area contributed by atoms with Gasteiger partial charge in [0.2, 0.25) is 0 Å². The predicted octanol–water partition coefficient (Wildman–Crippen LogP) is 2.51. The normalized spacial score (nSPS) is 4.86. The molecule has 1 nitrogen and oxygen atoms in total. The van der Waals surface area contributed by atoms with Gasteiger partial charge in [-0.1, -0.05) is 13.3 Å². The molecule has 7 heavy (non-hydrogen) atoms. The first-order valence-corrected chi connectivity index (χ1v) is 2.46. The van der Waals surface area contributed by atoms with E-state index in [4.69, 9.17) is 5.16 Å². The maximum absolute atomic E-state index is 5.56. The molecule has 0 aromatic rings. The summed E-state index contributed by atoms with van der Waals surface area (Å²) in [6.45, 7) is 5.72. The van der Waals surface area contributed by atoms with Gasteiger partial charge >= 0.3 is 0 Å². The van der Waals surface area contributed by atoms with Crippen LogP contribution in [-0.4, -0.2) is 0 Å². The fraction of sp³-hybridized carbons (Fsp3) is 0.750. The Bertz CT molecular complexity index is 19.2. The Kier molecular flexibility index (Phi) is 65.0. The zero-order chi connectivity index (χ0) is 5.41. The Morgan fingerprint density at radius 3 is 1.71 bits per heavy atom. The smallest absolute Gasteiger partial charge is 0 e. The number of hydrogen-bond acceptors (Lipinski definition) is 1. The zero-order valence-electron chi connectivity index (χ0n) is 4.62. The van der Waals surface area contributed by atoms with Crippen molar-refractivity contribution in [1.82, 2.24) is 0 Å². The first-order valence-electron chi connectivity index (χ1n) is 1.96. The van der Waals surface area contributed by atoms with Gasteiger partial charge in [-0.05, 0) is 9.03 Å². The van der Waals surface area contributed by atoms with Gasteiger partial charge in [-0.15, -0.1) is 0 Å². The van der Waals surface area contributed by atoms with Crippen molar-refractivity contribution >= 4 is 9.03 Å². The van der Waals surface area contributed by atoms with Crippen LogP contribution in [-0.2, 0) is 21.7 Å². The van der Waals surface area contributed by atoms with E-state index >= 15 is 0 Å². The summed E-state index contributed by atoms with van der Waals surface area (Å²) in [5.41, 5.74) is 0. The SMILES string of the molecule is N=P.[CH2-]CCC.[Ti]. The third-order valence-electron chi connectivity index (χ3n) is 0.354. The molecule has 0 fully saturated rings. The minimum atomic E-state index is 0. The van der Waals surface area contributed by atoms with Crippen molar-refractivity contribution in [2.75, 3.05) is 0 Å². The summed E-state index contributed by atoms with van der Waals surface area (Å²) in [6.07, 6.45) is 2.28. The molecule has 0 spiro atoms. The molecular weight excluding hydrogens is 141 g/mol. The molecule has 0 saturated carbocycles. The molecule has 0 radical (unpaired) electrons. The van der Waals surface area contributed by atoms with Gasteiger partial charge in [-0.25, -0.2) is 0 Å². The number of nitrogens with one attached hydrogen (secondary N) is 1. The zero-order valence-corrected chi connectivity index (χ0v) is 7.18. The maximum Gasteiger partial charge on any atom is 0 e. The fourth-order valence-corrected chi connectivity index (χ4v) is 0. The van der Waals surface area contributed by atoms with Gasteiger partial charge in [0.05, 0.1) is 0 Å². The molecule has 0 aliphatic heterocycles. The van der Waals surface area contributed by atoms with Gasteiger partial charge in [0, 0.05) is 21.7 Å². The van der Waals surface area contributed by atoms with Crippen molar-refractivity contribution in [1.29, 1.82) is 5.16 Å². The molecule has 42 valence electrons. The van der Waals surface area contributed by atoms with Crippen LogP contribution < -0.4 is 0 Å². The van der Waals surface area contributed by atoms with E-state index in [2.05, 4.69) is 22.9 Å². The van der Waals surface area contributed by atoms with E-state index in [-0.39, 0.29) is 21.7 Å². The van der Waals surface area contributed by atoms with Crippen LogP contribution in [0, 0.1) is 12.1 Å². The summed E-state index contributed by atoms with van der Waals surface area (Å²) in [7, 11) is 2.22. The fourth-order valence-electron chi connectivity index (χ4n) is 0. The van der Waals surface area contributed by atoms with Crippen LogP contribution in [0.5, 0.6) is 0 Å². The van der Waals surface area contributed by atoms with Crippen molar-refractivity contribution < 1.29 is 21.7 Å². The average Bonchev–Trinajstić information content (AvgIpc) is 1.72. The number of hydrogen-bond donors (Lipinski definition) is 1. The second kappa shape index (κ2) is 29.1. The van der Waals surface area contributed by atoms with Gasteiger partial charge in [0.15, 0.2) is 0 Å². The van der Waals surface area contributed by atoms with E-state index in [0.29, 0.717) is 0 Å². The number of rotatable bonds is 1. The Balaban J connectivity index is -0.0000000480. The summed E-state index contributed by atoms with van der Waals surface area (Å²) in [6, 6.07) is 0. The Labute approximate surface area is 62.9 Å². The summed E-state index contributed by atoms with van der Waals surface area (Å²) in [4.78, 5) is 0. The van der Waals surface area contributed by atoms with Crippen molar-refractivity contribution in [3.63, 3.8) is 0 Å². The topological polar surface area (TPSA) is 23.9 Å². The third kappa shape index (κ3) is 48.0. The summed E-state index contributed by atoms with van der Waals surface area (Å²) < 4.78 is 0. The van der Waals surface area contributed by atoms with Gasteiger partial charge in [0.1, 0.15) is 0 Å². The Hall–Kier alpha value is 0.814. The third-order valence-corrected chi connectivity index (χ3v) is 0.354. The van der Waals surface area contributed by atoms with E-state index in [1.807, 2.05) is 0 Å². The van der Waals surface area contributed by atoms with E-state index in [1.165, 1.54) is 6.42 Å². The van der Waals surface area contributed by atoms with Crippen molar-refractivity contribution in [3.05, 3.63) is 6.92 Å². The molecule has 0 aliphatic carbocycles. The van der Waals surface area contributed by atoms with E-state index in [9.17, 15) is 0 Å². The molecule has 0 unspecified atom stereocenters. The maximum atomic E-state index is 5.56. The quantitative estimate of drug-likeness (QED) is 0.339. The molecule has 0 aromatic heterocycles. The molecule has 1 N–H and O–H groups in total. The first kappa shape index (κ1) is 15.7. The van der Waals surface area contributed by atoms with Crippen LogP contribution in [0.4, 0.5) is 0 Å². The van der Waals surface area contributed by atoms with Crippen LogP contribution in [0.1, 0.15) is 19.8 Å². The molecule has 0 saturated heterocycles. The van der Waals surface area contributed by atoms with Gasteiger partial charge < -0.3 is 6.92 Å². The summed E-state index contributed by atoms with van der Waals surface area (Å²) >= 11 is 0. The minimum Gasteiger partial charge on any atom is -0.343 e. The molecule has 3 heteroatoms. The molecule has 0 aromatic carbocycles. The molecular formula is C4H11NPTi-. The molecule has 0 heterocycles. The first-order chi connectivity index (χ1) is 2.91. The largest absolute Gasteiger partial charge is 0.343 e. The van der Waals surface area contributed by atoms with Crippen molar-refractivity contribution in [2.24, 2.45) is 0 Å². The number of unbranched alkanes of at least 4 members (excludes halogenated alkanes) is 1. The van der Waals surface area contributed by atoms with Crippen molar-refractivity contribution in [3.8, 4) is 0 Å². The predicted molar refractivity (Wildman–Crippen MR) is 31.3 cm³/mol. The van der Waals surface area contributed by atoms with Crippen LogP contribution in [0.25, 0.3) is 0 Å². The van der Waals surface area contributed by atoms with Crippen LogP contribution >= 0.6 is 9.03 Å². The van der Waals surface area contributed by atoms with E-state index in [0.717, 1.165) is 6.42 Å².